The summed E-state index contributed by atoms with van der Waals surface area (Å²) < 4.78 is 11.1. The molecular weight excluding hydrogens is 214 g/mol. The highest BCUT2D eigenvalue weighted by molar-refractivity contribution is 5.14. The van der Waals surface area contributed by atoms with E-state index in [4.69, 9.17) is 9.47 Å². The Labute approximate surface area is 103 Å². The van der Waals surface area contributed by atoms with Crippen molar-refractivity contribution in [1.82, 2.24) is 5.32 Å². The highest BCUT2D eigenvalue weighted by Gasteiger charge is 2.13. The molecule has 0 bridgehead atoms. The van der Waals surface area contributed by atoms with Gasteiger partial charge in [-0.3, -0.25) is 0 Å². The van der Waals surface area contributed by atoms with Crippen molar-refractivity contribution >= 4 is 0 Å². The average molecular weight is 235 g/mol. The second-order valence-electron chi connectivity index (χ2n) is 4.34. The van der Waals surface area contributed by atoms with Crippen molar-refractivity contribution in [2.45, 2.75) is 25.5 Å². The predicted octanol–water partition coefficient (Wildman–Crippen LogP) is 1.97. The lowest BCUT2D eigenvalue weighted by atomic mass is 10.2. The first-order valence-corrected chi connectivity index (χ1v) is 6.39. The third-order valence-corrected chi connectivity index (χ3v) is 2.97. The molecule has 1 heterocycles. The summed E-state index contributed by atoms with van der Waals surface area (Å²) in [5.41, 5.74) is 1.32. The van der Waals surface area contributed by atoms with Gasteiger partial charge >= 0.3 is 0 Å². The zero-order chi connectivity index (χ0) is 11.8. The number of rotatable bonds is 6. The van der Waals surface area contributed by atoms with Crippen LogP contribution in [0.3, 0.4) is 0 Å². The molecule has 1 aliphatic heterocycles. The standard InChI is InChI=1S/C14H21NO2/c1-2-4-13(5-3-1)12-15-8-11-17-14-6-9-16-10-7-14/h1-5,14-15H,6-12H2. The smallest absolute Gasteiger partial charge is 0.0619 e. The van der Waals surface area contributed by atoms with Crippen LogP contribution in [0.4, 0.5) is 0 Å². The van der Waals surface area contributed by atoms with Gasteiger partial charge < -0.3 is 14.8 Å². The molecule has 17 heavy (non-hydrogen) atoms. The Kier molecular flexibility index (Phi) is 5.49. The predicted molar refractivity (Wildman–Crippen MR) is 67.9 cm³/mol. The van der Waals surface area contributed by atoms with Crippen molar-refractivity contribution < 1.29 is 9.47 Å². The van der Waals surface area contributed by atoms with Gasteiger partial charge in [-0.05, 0) is 18.4 Å². The number of ether oxygens (including phenoxy) is 2. The minimum Gasteiger partial charge on any atom is -0.381 e. The Bertz CT molecular complexity index is 296. The van der Waals surface area contributed by atoms with Gasteiger partial charge in [0.05, 0.1) is 12.7 Å². The SMILES string of the molecule is c1ccc(CNCCOC2CCOCC2)cc1. The summed E-state index contributed by atoms with van der Waals surface area (Å²) in [4.78, 5) is 0. The van der Waals surface area contributed by atoms with E-state index in [0.29, 0.717) is 6.10 Å². The largest absolute Gasteiger partial charge is 0.381 e. The quantitative estimate of drug-likeness (QED) is 0.765. The second-order valence-corrected chi connectivity index (χ2v) is 4.34. The third kappa shape index (κ3) is 4.86. The summed E-state index contributed by atoms with van der Waals surface area (Å²) in [5, 5.41) is 3.39. The molecule has 3 heteroatoms. The van der Waals surface area contributed by atoms with Crippen LogP contribution in [0.25, 0.3) is 0 Å². The zero-order valence-corrected chi connectivity index (χ0v) is 10.2. The van der Waals surface area contributed by atoms with Crippen LogP contribution < -0.4 is 5.32 Å². The maximum Gasteiger partial charge on any atom is 0.0619 e. The van der Waals surface area contributed by atoms with E-state index in [2.05, 4.69) is 29.6 Å². The summed E-state index contributed by atoms with van der Waals surface area (Å²) in [5.74, 6) is 0. The summed E-state index contributed by atoms with van der Waals surface area (Å²) in [7, 11) is 0. The maximum absolute atomic E-state index is 5.78. The van der Waals surface area contributed by atoms with Gasteiger partial charge in [0.2, 0.25) is 0 Å². The first-order valence-electron chi connectivity index (χ1n) is 6.39. The van der Waals surface area contributed by atoms with Gasteiger partial charge in [-0.1, -0.05) is 30.3 Å². The average Bonchev–Trinajstić information content (AvgIpc) is 2.41. The van der Waals surface area contributed by atoms with Crippen LogP contribution in [-0.4, -0.2) is 32.5 Å². The van der Waals surface area contributed by atoms with Gasteiger partial charge in [0, 0.05) is 26.3 Å². The molecule has 0 unspecified atom stereocenters. The van der Waals surface area contributed by atoms with E-state index in [1.165, 1.54) is 5.56 Å². The van der Waals surface area contributed by atoms with E-state index in [-0.39, 0.29) is 0 Å². The minimum atomic E-state index is 0.405. The normalized spacial score (nSPS) is 17.2. The van der Waals surface area contributed by atoms with Crippen molar-refractivity contribution in [3.63, 3.8) is 0 Å². The molecule has 0 aromatic heterocycles. The first kappa shape index (κ1) is 12.6. The van der Waals surface area contributed by atoms with Gasteiger partial charge in [0.15, 0.2) is 0 Å². The van der Waals surface area contributed by atoms with Crippen molar-refractivity contribution in [3.05, 3.63) is 35.9 Å². The van der Waals surface area contributed by atoms with Crippen molar-refractivity contribution in [2.24, 2.45) is 0 Å². The fourth-order valence-electron chi connectivity index (χ4n) is 1.97. The molecule has 94 valence electrons. The van der Waals surface area contributed by atoms with Gasteiger partial charge in [0.25, 0.3) is 0 Å². The van der Waals surface area contributed by atoms with Crippen LogP contribution >= 0.6 is 0 Å². The number of nitrogens with one attached hydrogen (secondary N) is 1. The van der Waals surface area contributed by atoms with Crippen molar-refractivity contribution in [1.29, 1.82) is 0 Å². The van der Waals surface area contributed by atoms with Gasteiger partial charge in [-0.25, -0.2) is 0 Å². The Balaban J connectivity index is 1.51. The fraction of sp³-hybridized carbons (Fsp3) is 0.571. The molecule has 2 rings (SSSR count). The van der Waals surface area contributed by atoms with Crippen molar-refractivity contribution in [3.8, 4) is 0 Å². The highest BCUT2D eigenvalue weighted by atomic mass is 16.5. The highest BCUT2D eigenvalue weighted by Crippen LogP contribution is 2.09. The summed E-state index contributed by atoms with van der Waals surface area (Å²) in [6, 6.07) is 10.4. The Morgan fingerprint density at radius 2 is 1.94 bits per heavy atom. The molecule has 0 atom stereocenters. The minimum absolute atomic E-state index is 0.405. The van der Waals surface area contributed by atoms with E-state index >= 15 is 0 Å². The van der Waals surface area contributed by atoms with Crippen LogP contribution in [0, 0.1) is 0 Å². The molecule has 0 saturated carbocycles. The molecule has 0 aliphatic carbocycles. The second kappa shape index (κ2) is 7.43. The number of hydrogen-bond acceptors (Lipinski definition) is 3. The molecule has 1 fully saturated rings. The summed E-state index contributed by atoms with van der Waals surface area (Å²) in [6.07, 6.45) is 2.49. The molecule has 0 spiro atoms. The summed E-state index contributed by atoms with van der Waals surface area (Å²) in [6.45, 7) is 4.31. The van der Waals surface area contributed by atoms with E-state index < -0.39 is 0 Å². The molecule has 1 aromatic rings. The number of hydrogen-bond donors (Lipinski definition) is 1. The molecule has 1 saturated heterocycles. The first-order chi connectivity index (χ1) is 8.45. The van der Waals surface area contributed by atoms with E-state index in [0.717, 1.165) is 45.8 Å². The Morgan fingerprint density at radius 1 is 1.18 bits per heavy atom. The number of benzene rings is 1. The lowest BCUT2D eigenvalue weighted by Crippen LogP contribution is -2.27. The van der Waals surface area contributed by atoms with Gasteiger partial charge in [-0.15, -0.1) is 0 Å². The van der Waals surface area contributed by atoms with E-state index in [1.807, 2.05) is 6.07 Å². The monoisotopic (exact) mass is 235 g/mol. The molecule has 3 nitrogen and oxygen atoms in total. The lowest BCUT2D eigenvalue weighted by molar-refractivity contribution is -0.0305. The molecule has 1 N–H and O–H groups in total. The van der Waals surface area contributed by atoms with Gasteiger partial charge in [0.1, 0.15) is 0 Å². The molecule has 1 aliphatic rings. The summed E-state index contributed by atoms with van der Waals surface area (Å²) >= 11 is 0. The van der Waals surface area contributed by atoms with Crippen LogP contribution in [0.1, 0.15) is 18.4 Å². The molecule has 0 amide bonds. The molecular formula is C14H21NO2. The fourth-order valence-corrected chi connectivity index (χ4v) is 1.97. The van der Waals surface area contributed by atoms with Crippen LogP contribution in [-0.2, 0) is 16.0 Å². The Hall–Kier alpha value is -0.900. The Morgan fingerprint density at radius 3 is 2.71 bits per heavy atom. The topological polar surface area (TPSA) is 30.5 Å². The van der Waals surface area contributed by atoms with E-state index in [9.17, 15) is 0 Å². The van der Waals surface area contributed by atoms with Gasteiger partial charge in [-0.2, -0.15) is 0 Å². The molecule has 1 aromatic carbocycles. The van der Waals surface area contributed by atoms with Crippen molar-refractivity contribution in [2.75, 3.05) is 26.4 Å². The van der Waals surface area contributed by atoms with E-state index in [1.54, 1.807) is 0 Å². The van der Waals surface area contributed by atoms with Crippen LogP contribution in [0.5, 0.6) is 0 Å². The maximum atomic E-state index is 5.78. The molecule has 0 radical (unpaired) electrons. The van der Waals surface area contributed by atoms with Crippen LogP contribution in [0.2, 0.25) is 0 Å². The zero-order valence-electron chi connectivity index (χ0n) is 10.2. The van der Waals surface area contributed by atoms with Crippen LogP contribution in [0.15, 0.2) is 30.3 Å². The third-order valence-electron chi connectivity index (χ3n) is 2.97. The lowest BCUT2D eigenvalue weighted by Gasteiger charge is -2.22.